The predicted octanol–water partition coefficient (Wildman–Crippen LogP) is 2.96. The van der Waals surface area contributed by atoms with Crippen molar-refractivity contribution in [1.29, 1.82) is 0 Å². The van der Waals surface area contributed by atoms with Crippen LogP contribution in [0, 0.1) is 0 Å². The van der Waals surface area contributed by atoms with E-state index < -0.39 is 5.72 Å². The molecule has 0 bridgehead atoms. The minimum atomic E-state index is -0.505. The Morgan fingerprint density at radius 3 is 2.50 bits per heavy atom. The van der Waals surface area contributed by atoms with Crippen molar-refractivity contribution in [3.63, 3.8) is 0 Å². The molecule has 0 amide bonds. The summed E-state index contributed by atoms with van der Waals surface area (Å²) in [4.78, 5) is 13.4. The third-order valence-corrected chi connectivity index (χ3v) is 3.01. The van der Waals surface area contributed by atoms with Crippen LogP contribution in [0.15, 0.2) is 12.7 Å². The van der Waals surface area contributed by atoms with E-state index in [4.69, 9.17) is 4.74 Å². The van der Waals surface area contributed by atoms with Gasteiger partial charge in [0.2, 0.25) is 0 Å². The van der Waals surface area contributed by atoms with Crippen molar-refractivity contribution in [3.8, 4) is 0 Å². The summed E-state index contributed by atoms with van der Waals surface area (Å²) in [5.74, 6) is -0.348. The Hall–Kier alpha value is -0.830. The first-order valence-electron chi connectivity index (χ1n) is 6.06. The number of ether oxygens (including phenoxy) is 1. The van der Waals surface area contributed by atoms with Crippen LogP contribution in [-0.2, 0) is 9.53 Å². The van der Waals surface area contributed by atoms with Gasteiger partial charge in [0.25, 0.3) is 0 Å². The molecule has 1 unspecified atom stereocenters. The van der Waals surface area contributed by atoms with Crippen molar-refractivity contribution < 1.29 is 9.53 Å². The first-order valence-corrected chi connectivity index (χ1v) is 6.06. The second-order valence-corrected chi connectivity index (χ2v) is 4.27. The Kier molecular flexibility index (Phi) is 7.06. The Morgan fingerprint density at radius 1 is 1.44 bits per heavy atom. The summed E-state index contributed by atoms with van der Waals surface area (Å²) >= 11 is 0. The van der Waals surface area contributed by atoms with Gasteiger partial charge in [0.1, 0.15) is 0 Å². The molecule has 0 heterocycles. The van der Waals surface area contributed by atoms with Gasteiger partial charge in [0.15, 0.2) is 5.72 Å². The zero-order valence-electron chi connectivity index (χ0n) is 11.1. The predicted molar refractivity (Wildman–Crippen MR) is 67.1 cm³/mol. The van der Waals surface area contributed by atoms with Crippen molar-refractivity contribution in [2.75, 3.05) is 13.6 Å². The largest absolute Gasteiger partial charge is 0.441 e. The van der Waals surface area contributed by atoms with Crippen LogP contribution in [0.2, 0.25) is 0 Å². The lowest BCUT2D eigenvalue weighted by atomic mass is 10.0. The minimum Gasteiger partial charge on any atom is -0.441 e. The molecule has 3 nitrogen and oxygen atoms in total. The highest BCUT2D eigenvalue weighted by molar-refractivity contribution is 5.81. The van der Waals surface area contributed by atoms with Crippen molar-refractivity contribution >= 4 is 5.97 Å². The Bertz CT molecular complexity index is 228. The number of hydrogen-bond donors (Lipinski definition) is 0. The highest BCUT2D eigenvalue weighted by atomic mass is 16.6. The van der Waals surface area contributed by atoms with Crippen LogP contribution >= 0.6 is 0 Å². The van der Waals surface area contributed by atoms with Gasteiger partial charge >= 0.3 is 5.97 Å². The molecule has 3 heteroatoms. The van der Waals surface area contributed by atoms with Gasteiger partial charge in [0.05, 0.1) is 0 Å². The zero-order valence-corrected chi connectivity index (χ0v) is 11.1. The number of carbonyl (C=O) groups excluding carboxylic acids is 1. The SMILES string of the molecule is C=CC(=O)OC(C)(CCCCC)N(C)CC. The van der Waals surface area contributed by atoms with Gasteiger partial charge < -0.3 is 4.74 Å². The van der Waals surface area contributed by atoms with Gasteiger partial charge in [-0.2, -0.15) is 0 Å². The monoisotopic (exact) mass is 227 g/mol. The standard InChI is InChI=1S/C13H25NO2/c1-6-9-10-11-13(4,14(5)8-3)16-12(15)7-2/h7H,2,6,8-11H2,1,3-5H3. The summed E-state index contributed by atoms with van der Waals surface area (Å²) < 4.78 is 5.46. The van der Waals surface area contributed by atoms with Crippen molar-refractivity contribution in [2.45, 2.75) is 52.2 Å². The van der Waals surface area contributed by atoms with Crippen LogP contribution in [0.5, 0.6) is 0 Å². The van der Waals surface area contributed by atoms with Gasteiger partial charge in [-0.15, -0.1) is 0 Å². The van der Waals surface area contributed by atoms with Gasteiger partial charge in [-0.3, -0.25) is 4.90 Å². The average molecular weight is 227 g/mol. The van der Waals surface area contributed by atoms with Crippen molar-refractivity contribution in [3.05, 3.63) is 12.7 Å². The van der Waals surface area contributed by atoms with E-state index in [0.717, 1.165) is 19.4 Å². The number of nitrogens with zero attached hydrogens (tertiary/aromatic N) is 1. The van der Waals surface area contributed by atoms with Crippen LogP contribution in [-0.4, -0.2) is 30.2 Å². The molecule has 0 aromatic carbocycles. The van der Waals surface area contributed by atoms with Crippen LogP contribution in [0.25, 0.3) is 0 Å². The van der Waals surface area contributed by atoms with Crippen LogP contribution in [0.4, 0.5) is 0 Å². The molecule has 94 valence electrons. The first kappa shape index (κ1) is 15.2. The number of carbonyl (C=O) groups is 1. The van der Waals surface area contributed by atoms with Crippen molar-refractivity contribution in [1.82, 2.24) is 4.90 Å². The van der Waals surface area contributed by atoms with Gasteiger partial charge in [0, 0.05) is 12.5 Å². The summed E-state index contributed by atoms with van der Waals surface area (Å²) in [6.07, 6.45) is 5.49. The van der Waals surface area contributed by atoms with E-state index in [0.29, 0.717) is 0 Å². The fourth-order valence-electron chi connectivity index (χ4n) is 1.62. The fourth-order valence-corrected chi connectivity index (χ4v) is 1.62. The maximum absolute atomic E-state index is 11.3. The number of rotatable bonds is 8. The molecule has 0 aliphatic carbocycles. The van der Waals surface area contributed by atoms with E-state index in [2.05, 4.69) is 25.3 Å². The maximum atomic E-state index is 11.3. The highest BCUT2D eigenvalue weighted by Gasteiger charge is 2.31. The minimum absolute atomic E-state index is 0.348. The lowest BCUT2D eigenvalue weighted by Gasteiger charge is -2.37. The van der Waals surface area contributed by atoms with E-state index in [1.807, 2.05) is 14.0 Å². The summed E-state index contributed by atoms with van der Waals surface area (Å²) in [6.45, 7) is 10.5. The van der Waals surface area contributed by atoms with Crippen LogP contribution in [0.1, 0.15) is 46.5 Å². The molecule has 0 saturated heterocycles. The quantitative estimate of drug-likeness (QED) is 0.276. The van der Waals surface area contributed by atoms with E-state index in [-0.39, 0.29) is 5.97 Å². The third-order valence-electron chi connectivity index (χ3n) is 3.01. The summed E-state index contributed by atoms with van der Waals surface area (Å²) in [7, 11) is 1.97. The van der Waals surface area contributed by atoms with E-state index in [1.165, 1.54) is 18.9 Å². The van der Waals surface area contributed by atoms with Gasteiger partial charge in [-0.1, -0.05) is 33.3 Å². The molecule has 0 spiro atoms. The van der Waals surface area contributed by atoms with E-state index in [9.17, 15) is 4.79 Å². The molecule has 0 aromatic heterocycles. The molecule has 0 radical (unpaired) electrons. The second-order valence-electron chi connectivity index (χ2n) is 4.27. The lowest BCUT2D eigenvalue weighted by Crippen LogP contribution is -2.47. The van der Waals surface area contributed by atoms with Crippen molar-refractivity contribution in [2.24, 2.45) is 0 Å². The molecular weight excluding hydrogens is 202 g/mol. The van der Waals surface area contributed by atoms with Crippen LogP contribution in [0.3, 0.4) is 0 Å². The number of esters is 1. The molecule has 16 heavy (non-hydrogen) atoms. The third kappa shape index (κ3) is 4.79. The van der Waals surface area contributed by atoms with E-state index in [1.54, 1.807) is 0 Å². The first-order chi connectivity index (χ1) is 7.50. The molecule has 0 saturated carbocycles. The molecule has 0 rings (SSSR count). The Labute approximate surface area is 99.5 Å². The highest BCUT2D eigenvalue weighted by Crippen LogP contribution is 2.23. The smallest absolute Gasteiger partial charge is 0.331 e. The Balaban J connectivity index is 4.47. The molecule has 0 aliphatic rings. The van der Waals surface area contributed by atoms with Gasteiger partial charge in [-0.05, 0) is 26.9 Å². The number of hydrogen-bond acceptors (Lipinski definition) is 3. The lowest BCUT2D eigenvalue weighted by molar-refractivity contribution is -0.173. The summed E-state index contributed by atoms with van der Waals surface area (Å²) in [6, 6.07) is 0. The molecule has 0 fully saturated rings. The molecular formula is C13H25NO2. The molecule has 1 atom stereocenters. The summed E-state index contributed by atoms with van der Waals surface area (Å²) in [5, 5.41) is 0. The van der Waals surface area contributed by atoms with Crippen LogP contribution < -0.4 is 0 Å². The second kappa shape index (κ2) is 7.44. The number of unbranched alkanes of at least 4 members (excludes halogenated alkanes) is 2. The fraction of sp³-hybridized carbons (Fsp3) is 0.769. The normalized spacial score (nSPS) is 14.6. The average Bonchev–Trinajstić information content (AvgIpc) is 2.28. The molecule has 0 N–H and O–H groups in total. The summed E-state index contributed by atoms with van der Waals surface area (Å²) in [5.41, 5.74) is -0.505. The van der Waals surface area contributed by atoms with Gasteiger partial charge in [-0.25, -0.2) is 4.79 Å². The topological polar surface area (TPSA) is 29.5 Å². The van der Waals surface area contributed by atoms with E-state index >= 15 is 0 Å². The zero-order chi connectivity index (χ0) is 12.6. The molecule has 0 aliphatic heterocycles. The molecule has 0 aromatic rings. The maximum Gasteiger partial charge on any atom is 0.331 e. The Morgan fingerprint density at radius 2 is 2.06 bits per heavy atom.